The molecule has 0 amide bonds. The number of aromatic amines is 1. The molecule has 0 aliphatic heterocycles. The highest BCUT2D eigenvalue weighted by Crippen LogP contribution is 2.20. The number of carbonyl (C=O) groups excluding carboxylic acids is 1. The largest absolute Gasteiger partial charge is 0.439 e. The second-order valence-electron chi connectivity index (χ2n) is 5.08. The predicted molar refractivity (Wildman–Crippen MR) is 83.7 cm³/mol. The molecule has 3 aromatic rings. The van der Waals surface area contributed by atoms with Gasteiger partial charge in [-0.15, -0.1) is 5.10 Å². The van der Waals surface area contributed by atoms with Crippen LogP contribution in [0.1, 0.15) is 12.6 Å². The van der Waals surface area contributed by atoms with Gasteiger partial charge in [0.15, 0.2) is 18.4 Å². The number of esters is 1. The lowest BCUT2D eigenvalue weighted by molar-refractivity contribution is -0.152. The van der Waals surface area contributed by atoms with Gasteiger partial charge in [-0.1, -0.05) is 0 Å². The van der Waals surface area contributed by atoms with Gasteiger partial charge in [-0.3, -0.25) is 9.89 Å². The van der Waals surface area contributed by atoms with Crippen LogP contribution in [-0.4, -0.2) is 39.3 Å². The number of nitrogens with one attached hydrogen (secondary N) is 2. The van der Waals surface area contributed by atoms with Crippen LogP contribution in [0.2, 0.25) is 0 Å². The zero-order valence-corrected chi connectivity index (χ0v) is 13.2. The summed E-state index contributed by atoms with van der Waals surface area (Å²) in [7, 11) is 0. The van der Waals surface area contributed by atoms with Gasteiger partial charge in [-0.25, -0.2) is 9.37 Å². The number of benzene rings is 1. The summed E-state index contributed by atoms with van der Waals surface area (Å²) in [5, 5.41) is 10.0. The molecule has 0 saturated carbocycles. The summed E-state index contributed by atoms with van der Waals surface area (Å²) in [5.41, 5.74) is 2.14. The van der Waals surface area contributed by atoms with E-state index in [1.54, 1.807) is 6.92 Å². The zero-order valence-electron chi connectivity index (χ0n) is 13.2. The molecule has 24 heavy (non-hydrogen) atoms. The first kappa shape index (κ1) is 15.9. The minimum absolute atomic E-state index is 0.101. The van der Waals surface area contributed by atoms with Crippen molar-refractivity contribution in [2.75, 3.05) is 18.8 Å². The van der Waals surface area contributed by atoms with E-state index in [0.717, 1.165) is 11.3 Å². The van der Waals surface area contributed by atoms with Crippen molar-refractivity contribution in [1.82, 2.24) is 19.8 Å². The molecule has 9 heteroatoms. The summed E-state index contributed by atoms with van der Waals surface area (Å²) in [4.78, 5) is 14.8. The van der Waals surface area contributed by atoms with Crippen LogP contribution < -0.4 is 5.32 Å². The Hall–Kier alpha value is -2.94. The molecule has 0 radical (unpaired) electrons. The number of hydrogen-bond donors (Lipinski definition) is 2. The Bertz CT molecular complexity index is 856. The fraction of sp³-hybridized carbons (Fsp3) is 0.267. The van der Waals surface area contributed by atoms with Crippen molar-refractivity contribution in [3.05, 3.63) is 35.8 Å². The summed E-state index contributed by atoms with van der Waals surface area (Å²) in [6, 6.07) is 7.27. The SMILES string of the molecule is CC(=O)OCOCNc1ccc(-c2nc3c(F)c(C)[nH]n3n2)cc1. The summed E-state index contributed by atoms with van der Waals surface area (Å²) in [5.74, 6) is -0.371. The molecule has 1 aromatic carbocycles. The molecule has 126 valence electrons. The number of rotatable bonds is 6. The van der Waals surface area contributed by atoms with Crippen molar-refractivity contribution in [1.29, 1.82) is 0 Å². The van der Waals surface area contributed by atoms with Crippen molar-refractivity contribution in [2.24, 2.45) is 0 Å². The van der Waals surface area contributed by atoms with Crippen LogP contribution in [0.15, 0.2) is 24.3 Å². The van der Waals surface area contributed by atoms with Crippen LogP contribution in [-0.2, 0) is 14.3 Å². The van der Waals surface area contributed by atoms with Crippen LogP contribution in [0.3, 0.4) is 0 Å². The number of halogens is 1. The van der Waals surface area contributed by atoms with Gasteiger partial charge in [-0.05, 0) is 31.2 Å². The Labute approximate surface area is 136 Å². The fourth-order valence-electron chi connectivity index (χ4n) is 2.07. The Morgan fingerprint density at radius 1 is 1.38 bits per heavy atom. The average Bonchev–Trinajstić information content (AvgIpc) is 3.08. The van der Waals surface area contributed by atoms with E-state index < -0.39 is 11.8 Å². The molecule has 3 rings (SSSR count). The molecule has 0 atom stereocenters. The van der Waals surface area contributed by atoms with Crippen LogP contribution in [0.4, 0.5) is 10.1 Å². The second kappa shape index (κ2) is 6.67. The molecule has 0 fully saturated rings. The van der Waals surface area contributed by atoms with Crippen LogP contribution in [0.5, 0.6) is 0 Å². The lowest BCUT2D eigenvalue weighted by Gasteiger charge is -2.07. The van der Waals surface area contributed by atoms with Gasteiger partial charge in [0.1, 0.15) is 6.73 Å². The molecule has 2 N–H and O–H groups in total. The smallest absolute Gasteiger partial charge is 0.304 e. The Morgan fingerprint density at radius 2 is 2.12 bits per heavy atom. The molecule has 2 heterocycles. The van der Waals surface area contributed by atoms with Crippen LogP contribution >= 0.6 is 0 Å². The quantitative estimate of drug-likeness (QED) is 0.407. The van der Waals surface area contributed by atoms with Gasteiger partial charge in [0, 0.05) is 18.2 Å². The summed E-state index contributed by atoms with van der Waals surface area (Å²) in [6.07, 6.45) is 0. The summed E-state index contributed by atoms with van der Waals surface area (Å²) < 4.78 is 24.8. The highest BCUT2D eigenvalue weighted by molar-refractivity contribution is 5.65. The van der Waals surface area contributed by atoms with E-state index in [1.165, 1.54) is 11.6 Å². The number of aromatic nitrogens is 4. The molecule has 0 bridgehead atoms. The number of fused-ring (bicyclic) bond motifs is 1. The van der Waals surface area contributed by atoms with Crippen molar-refractivity contribution in [3.8, 4) is 11.4 Å². The number of anilines is 1. The van der Waals surface area contributed by atoms with Crippen molar-refractivity contribution in [3.63, 3.8) is 0 Å². The molecular formula is C15H16FN5O3. The van der Waals surface area contributed by atoms with E-state index in [-0.39, 0.29) is 19.2 Å². The minimum Gasteiger partial charge on any atom is -0.439 e. The number of aryl methyl sites for hydroxylation is 1. The molecule has 0 spiro atoms. The minimum atomic E-state index is -0.406. The fourth-order valence-corrected chi connectivity index (χ4v) is 2.07. The van der Waals surface area contributed by atoms with Crippen LogP contribution in [0.25, 0.3) is 17.0 Å². The second-order valence-corrected chi connectivity index (χ2v) is 5.08. The van der Waals surface area contributed by atoms with E-state index in [9.17, 15) is 9.18 Å². The maximum Gasteiger partial charge on any atom is 0.304 e. The molecule has 2 aromatic heterocycles. The van der Waals surface area contributed by atoms with Gasteiger partial charge in [0.2, 0.25) is 5.65 Å². The van der Waals surface area contributed by atoms with Gasteiger partial charge >= 0.3 is 5.97 Å². The lowest BCUT2D eigenvalue weighted by Crippen LogP contribution is -2.10. The molecule has 0 saturated heterocycles. The Morgan fingerprint density at radius 3 is 2.79 bits per heavy atom. The maximum absolute atomic E-state index is 13.8. The topological polar surface area (TPSA) is 93.5 Å². The first-order valence-electron chi connectivity index (χ1n) is 7.21. The van der Waals surface area contributed by atoms with E-state index in [2.05, 4.69) is 25.2 Å². The van der Waals surface area contributed by atoms with E-state index >= 15 is 0 Å². The molecule has 0 aliphatic rings. The zero-order chi connectivity index (χ0) is 17.1. The maximum atomic E-state index is 13.8. The van der Waals surface area contributed by atoms with Crippen molar-refractivity contribution < 1.29 is 18.7 Å². The lowest BCUT2D eigenvalue weighted by atomic mass is 10.2. The van der Waals surface area contributed by atoms with E-state index in [0.29, 0.717) is 11.5 Å². The highest BCUT2D eigenvalue weighted by Gasteiger charge is 2.14. The summed E-state index contributed by atoms with van der Waals surface area (Å²) >= 11 is 0. The number of nitrogens with zero attached hydrogens (tertiary/aromatic N) is 3. The van der Waals surface area contributed by atoms with Gasteiger partial charge < -0.3 is 14.8 Å². The standard InChI is InChI=1S/C15H16FN5O3/c1-9-13(16)15-18-14(20-21(15)19-9)11-3-5-12(6-4-11)17-7-23-8-24-10(2)22/h3-6,17,19H,7-8H2,1-2H3. The normalized spacial score (nSPS) is 11.0. The molecule has 0 unspecified atom stereocenters. The third-order valence-corrected chi connectivity index (χ3v) is 3.27. The first-order chi connectivity index (χ1) is 11.5. The van der Waals surface area contributed by atoms with Gasteiger partial charge in [0.25, 0.3) is 0 Å². The third kappa shape index (κ3) is 3.35. The van der Waals surface area contributed by atoms with Gasteiger partial charge in [-0.2, -0.15) is 4.63 Å². The highest BCUT2D eigenvalue weighted by atomic mass is 19.1. The first-order valence-corrected chi connectivity index (χ1v) is 7.21. The monoisotopic (exact) mass is 333 g/mol. The Kier molecular flexibility index (Phi) is 4.43. The van der Waals surface area contributed by atoms with Crippen molar-refractivity contribution in [2.45, 2.75) is 13.8 Å². The number of H-pyrrole nitrogens is 1. The summed E-state index contributed by atoms with van der Waals surface area (Å²) in [6.45, 7) is 3.03. The molecule has 8 nitrogen and oxygen atoms in total. The number of hydrogen-bond acceptors (Lipinski definition) is 6. The molecular weight excluding hydrogens is 317 g/mol. The third-order valence-electron chi connectivity index (χ3n) is 3.27. The predicted octanol–water partition coefficient (Wildman–Crippen LogP) is 2.08. The number of carbonyl (C=O) groups is 1. The van der Waals surface area contributed by atoms with E-state index in [1.807, 2.05) is 24.3 Å². The molecule has 0 aliphatic carbocycles. The van der Waals surface area contributed by atoms with Gasteiger partial charge in [0.05, 0.1) is 5.69 Å². The van der Waals surface area contributed by atoms with Crippen molar-refractivity contribution >= 4 is 17.3 Å². The average molecular weight is 333 g/mol. The number of ether oxygens (including phenoxy) is 2. The van der Waals surface area contributed by atoms with E-state index in [4.69, 9.17) is 4.74 Å². The Balaban J connectivity index is 1.62. The van der Waals surface area contributed by atoms with Crippen LogP contribution in [0, 0.1) is 12.7 Å².